The minimum atomic E-state index is -0.0467. The van der Waals surface area contributed by atoms with Crippen LogP contribution in [-0.2, 0) is 0 Å². The number of terminal acetylenes is 1. The van der Waals surface area contributed by atoms with Gasteiger partial charge in [0.1, 0.15) is 0 Å². The van der Waals surface area contributed by atoms with Crippen LogP contribution in [0.2, 0.25) is 0 Å². The Kier molecular flexibility index (Phi) is 18.0. The first-order valence-electron chi connectivity index (χ1n) is 19.4. The number of rotatable bonds is 12. The molecule has 5 rings (SSSR count). The molecule has 2 aromatic carbocycles. The molecule has 0 fully saturated rings. The molecule has 0 spiro atoms. The van der Waals surface area contributed by atoms with Crippen LogP contribution in [0.1, 0.15) is 78.0 Å². The van der Waals surface area contributed by atoms with Crippen molar-refractivity contribution in [2.75, 3.05) is 0 Å². The third-order valence-corrected chi connectivity index (χ3v) is 9.76. The van der Waals surface area contributed by atoms with E-state index in [1.807, 2.05) is 68.8 Å². The molecule has 3 aromatic rings. The third-order valence-electron chi connectivity index (χ3n) is 9.76. The summed E-state index contributed by atoms with van der Waals surface area (Å²) in [6.45, 7) is 18.7. The van der Waals surface area contributed by atoms with E-state index in [2.05, 4.69) is 174 Å². The van der Waals surface area contributed by atoms with Gasteiger partial charge in [0.2, 0.25) is 0 Å². The van der Waals surface area contributed by atoms with Crippen LogP contribution in [0.3, 0.4) is 0 Å². The zero-order valence-corrected chi connectivity index (χ0v) is 34.4. The van der Waals surface area contributed by atoms with Gasteiger partial charge in [0.25, 0.3) is 0 Å². The van der Waals surface area contributed by atoms with Crippen LogP contribution in [0.25, 0.3) is 27.8 Å². The van der Waals surface area contributed by atoms with E-state index in [-0.39, 0.29) is 5.41 Å². The molecule has 1 atom stereocenters. The zero-order valence-electron chi connectivity index (χ0n) is 34.4. The highest BCUT2D eigenvalue weighted by Gasteiger charge is 2.25. The minimum absolute atomic E-state index is 0.0467. The van der Waals surface area contributed by atoms with Gasteiger partial charge in [-0.25, -0.2) is 0 Å². The van der Waals surface area contributed by atoms with Crippen LogP contribution in [0.5, 0.6) is 0 Å². The average molecular weight is 735 g/mol. The highest BCUT2D eigenvalue weighted by molar-refractivity contribution is 6.10. The predicted octanol–water partition coefficient (Wildman–Crippen LogP) is 14.9. The first kappa shape index (κ1) is 44.1. The van der Waals surface area contributed by atoms with Crippen molar-refractivity contribution in [2.24, 2.45) is 5.41 Å². The summed E-state index contributed by atoms with van der Waals surface area (Å²) in [6.07, 6.45) is 47.5. The lowest BCUT2D eigenvalue weighted by Crippen LogP contribution is -2.17. The maximum absolute atomic E-state index is 8.20. The molecule has 2 aliphatic carbocycles. The standard InChI is InChI=1S/C50H50N2.C2H6.C2H2/c1-7-12-47(13-8-2)50(6)32-28-40(29-33-50)18-19-46(36-39(5)42-22-24-43(25-23-42)45-30-34-52-35-31-45)44-26-20-41(21-27-44)37(3)14-11-15-38(4)48-16-9-10-17-49(48)51;2*1-2/h7-17,19-32,34-36,51H,1,18,33H2,2-6H3;1-2H3;1-2H/b13-8-,15-11-,37-14+,39-36+,46-19+,47-12+,48-38+,51-49?;;. The molecule has 1 N–H and O–H groups in total. The summed E-state index contributed by atoms with van der Waals surface area (Å²) < 4.78 is 0. The molecule has 2 aliphatic rings. The van der Waals surface area contributed by atoms with Crippen LogP contribution in [0, 0.1) is 23.7 Å². The number of hydrogen-bond donors (Lipinski definition) is 1. The highest BCUT2D eigenvalue weighted by Crippen LogP contribution is 2.38. The van der Waals surface area contributed by atoms with E-state index in [1.54, 1.807) is 0 Å². The van der Waals surface area contributed by atoms with Gasteiger partial charge in [-0.3, -0.25) is 4.98 Å². The van der Waals surface area contributed by atoms with E-state index in [4.69, 9.17) is 5.41 Å². The molecular weight excluding hydrogens is 677 g/mol. The minimum Gasteiger partial charge on any atom is -0.300 e. The predicted molar refractivity (Wildman–Crippen MR) is 248 cm³/mol. The van der Waals surface area contributed by atoms with Gasteiger partial charge in [0.05, 0.1) is 5.71 Å². The number of hydrogen-bond acceptors (Lipinski definition) is 2. The van der Waals surface area contributed by atoms with E-state index in [1.165, 1.54) is 50.1 Å². The monoisotopic (exact) mass is 734 g/mol. The molecule has 1 heterocycles. The largest absolute Gasteiger partial charge is 0.300 e. The summed E-state index contributed by atoms with van der Waals surface area (Å²) in [4.78, 5) is 4.16. The molecular formula is C54H58N2. The number of allylic oxidation sites excluding steroid dienone is 23. The number of nitrogens with one attached hydrogen (secondary N) is 1. The Balaban J connectivity index is 0.00000204. The summed E-state index contributed by atoms with van der Waals surface area (Å²) in [6, 6.07) is 21.8. The quantitative estimate of drug-likeness (QED) is 0.146. The maximum atomic E-state index is 8.20. The van der Waals surface area contributed by atoms with E-state index in [9.17, 15) is 0 Å². The highest BCUT2D eigenvalue weighted by atomic mass is 14.6. The van der Waals surface area contributed by atoms with Crippen molar-refractivity contribution in [1.82, 2.24) is 4.98 Å². The molecule has 2 nitrogen and oxygen atoms in total. The lowest BCUT2D eigenvalue weighted by Gasteiger charge is -2.29. The Morgan fingerprint density at radius 3 is 2.02 bits per heavy atom. The number of aromatic nitrogens is 1. The summed E-state index contributed by atoms with van der Waals surface area (Å²) >= 11 is 0. The van der Waals surface area contributed by atoms with Crippen molar-refractivity contribution >= 4 is 22.4 Å². The number of nitrogens with zero attached hydrogens (tertiary/aromatic N) is 1. The molecule has 0 saturated carbocycles. The summed E-state index contributed by atoms with van der Waals surface area (Å²) in [5.41, 5.74) is 14.6. The SMILES string of the molecule is C#C.C=C/C=C(\C=C/C)C1(C)C=CC(C/C=C(\C=C(/C)c2ccc(-c3ccncc3)cc2)c2ccc(/C(C)=C/C=C\C(C)=C3/C=CC=CC3=N)cc2)=CC1.CC. The molecule has 56 heavy (non-hydrogen) atoms. The Morgan fingerprint density at radius 1 is 0.804 bits per heavy atom. The van der Waals surface area contributed by atoms with Gasteiger partial charge < -0.3 is 5.41 Å². The zero-order chi connectivity index (χ0) is 40.9. The van der Waals surface area contributed by atoms with Crippen molar-refractivity contribution in [3.8, 4) is 24.0 Å². The van der Waals surface area contributed by atoms with E-state index >= 15 is 0 Å². The Morgan fingerprint density at radius 2 is 1.41 bits per heavy atom. The van der Waals surface area contributed by atoms with Gasteiger partial charge in [-0.2, -0.15) is 0 Å². The van der Waals surface area contributed by atoms with Crippen LogP contribution >= 0.6 is 0 Å². The topological polar surface area (TPSA) is 36.7 Å². The van der Waals surface area contributed by atoms with E-state index in [0.717, 1.165) is 29.6 Å². The smallest absolute Gasteiger partial charge is 0.0614 e. The average Bonchev–Trinajstić information content (AvgIpc) is 3.24. The number of pyridine rings is 1. The first-order valence-corrected chi connectivity index (χ1v) is 19.4. The lowest BCUT2D eigenvalue weighted by atomic mass is 9.75. The van der Waals surface area contributed by atoms with Gasteiger partial charge >= 0.3 is 0 Å². The van der Waals surface area contributed by atoms with Crippen molar-refractivity contribution in [3.05, 3.63) is 216 Å². The second kappa shape index (κ2) is 22.8. The summed E-state index contributed by atoms with van der Waals surface area (Å²) in [5.74, 6) is 0. The maximum Gasteiger partial charge on any atom is 0.0614 e. The molecule has 1 aromatic heterocycles. The fourth-order valence-electron chi connectivity index (χ4n) is 6.43. The molecule has 0 bridgehead atoms. The van der Waals surface area contributed by atoms with E-state index in [0.29, 0.717) is 5.71 Å². The molecule has 1 unspecified atom stereocenters. The summed E-state index contributed by atoms with van der Waals surface area (Å²) in [7, 11) is 0. The molecule has 0 radical (unpaired) electrons. The van der Waals surface area contributed by atoms with Crippen LogP contribution in [-0.4, -0.2) is 10.7 Å². The molecule has 0 amide bonds. The Labute approximate surface area is 338 Å². The van der Waals surface area contributed by atoms with Crippen molar-refractivity contribution in [3.63, 3.8) is 0 Å². The normalized spacial score (nSPS) is 18.2. The van der Waals surface area contributed by atoms with Crippen molar-refractivity contribution < 1.29 is 0 Å². The molecule has 0 aliphatic heterocycles. The second-order valence-corrected chi connectivity index (χ2v) is 13.6. The van der Waals surface area contributed by atoms with Crippen LogP contribution < -0.4 is 0 Å². The Bertz CT molecular complexity index is 2160. The fraction of sp³-hybridized carbons (Fsp3) is 0.185. The third kappa shape index (κ3) is 12.4. The van der Waals surface area contributed by atoms with Crippen LogP contribution in [0.15, 0.2) is 199 Å². The molecule has 2 heteroatoms. The van der Waals surface area contributed by atoms with Gasteiger partial charge in [-0.1, -0.05) is 167 Å². The molecule has 0 saturated heterocycles. The fourth-order valence-corrected chi connectivity index (χ4v) is 6.43. The van der Waals surface area contributed by atoms with Crippen LogP contribution in [0.4, 0.5) is 0 Å². The first-order chi connectivity index (χ1) is 27.2. The Hall–Kier alpha value is -6.30. The van der Waals surface area contributed by atoms with Gasteiger partial charge in [-0.15, -0.1) is 12.8 Å². The van der Waals surface area contributed by atoms with Gasteiger partial charge in [-0.05, 0) is 120 Å². The van der Waals surface area contributed by atoms with Crippen molar-refractivity contribution in [1.29, 1.82) is 5.41 Å². The van der Waals surface area contributed by atoms with Gasteiger partial charge in [0.15, 0.2) is 0 Å². The second-order valence-electron chi connectivity index (χ2n) is 13.6. The van der Waals surface area contributed by atoms with Crippen molar-refractivity contribution in [2.45, 2.75) is 61.3 Å². The van der Waals surface area contributed by atoms with E-state index < -0.39 is 0 Å². The lowest BCUT2D eigenvalue weighted by molar-refractivity contribution is 0.527. The molecule has 284 valence electrons. The summed E-state index contributed by atoms with van der Waals surface area (Å²) in [5, 5.41) is 8.20. The van der Waals surface area contributed by atoms with Gasteiger partial charge in [0, 0.05) is 23.4 Å². The number of benzene rings is 2.